The van der Waals surface area contributed by atoms with Crippen LogP contribution in [0.1, 0.15) is 11.6 Å². The Morgan fingerprint density at radius 3 is 2.53 bits per heavy atom. The lowest BCUT2D eigenvalue weighted by Gasteiger charge is -2.34. The van der Waals surface area contributed by atoms with Crippen LogP contribution in [0.4, 0.5) is 0 Å². The first-order chi connectivity index (χ1) is 8.31. The molecule has 4 heteroatoms. The number of ether oxygens (including phenoxy) is 1. The summed E-state index contributed by atoms with van der Waals surface area (Å²) in [5.74, 6) is 0. The lowest BCUT2D eigenvalue weighted by molar-refractivity contribution is 0.0813. The van der Waals surface area contributed by atoms with Crippen LogP contribution in [-0.2, 0) is 4.74 Å². The molecule has 0 aromatic heterocycles. The van der Waals surface area contributed by atoms with Gasteiger partial charge in [-0.2, -0.15) is 0 Å². The fourth-order valence-corrected chi connectivity index (χ4v) is 2.38. The van der Waals surface area contributed by atoms with Gasteiger partial charge >= 0.3 is 0 Å². The molecule has 1 atom stereocenters. The van der Waals surface area contributed by atoms with Crippen LogP contribution in [0.3, 0.4) is 0 Å². The van der Waals surface area contributed by atoms with E-state index in [1.807, 2.05) is 12.1 Å². The molecule has 1 aliphatic heterocycles. The van der Waals surface area contributed by atoms with Gasteiger partial charge in [0.05, 0.1) is 12.6 Å². The van der Waals surface area contributed by atoms with Crippen molar-refractivity contribution in [1.29, 1.82) is 0 Å². The molecule has 1 aromatic rings. The highest BCUT2D eigenvalue weighted by molar-refractivity contribution is 6.30. The zero-order chi connectivity index (χ0) is 12.1. The van der Waals surface area contributed by atoms with Crippen molar-refractivity contribution in [3.05, 3.63) is 34.9 Å². The molecule has 1 aliphatic rings. The Bertz CT molecular complexity index is 336. The fourth-order valence-electron chi connectivity index (χ4n) is 2.25. The Kier molecular flexibility index (Phi) is 4.80. The summed E-state index contributed by atoms with van der Waals surface area (Å²) in [6, 6.07) is 8.41. The van der Waals surface area contributed by atoms with Crippen LogP contribution in [0.25, 0.3) is 0 Å². The minimum Gasteiger partial charge on any atom is -0.383 e. The second kappa shape index (κ2) is 6.36. The second-order valence-electron chi connectivity index (χ2n) is 4.31. The van der Waals surface area contributed by atoms with E-state index in [1.54, 1.807) is 7.11 Å². The number of halogens is 1. The largest absolute Gasteiger partial charge is 0.383 e. The summed E-state index contributed by atoms with van der Waals surface area (Å²) in [5, 5.41) is 4.15. The predicted octanol–water partition coefficient (Wildman–Crippen LogP) is 1.93. The van der Waals surface area contributed by atoms with E-state index in [0.29, 0.717) is 6.04 Å². The molecule has 17 heavy (non-hydrogen) atoms. The van der Waals surface area contributed by atoms with Crippen molar-refractivity contribution < 1.29 is 4.74 Å². The van der Waals surface area contributed by atoms with Crippen LogP contribution in [0.15, 0.2) is 24.3 Å². The van der Waals surface area contributed by atoms with Crippen molar-refractivity contribution in [2.45, 2.75) is 6.04 Å². The summed E-state index contributed by atoms with van der Waals surface area (Å²) in [7, 11) is 1.76. The summed E-state index contributed by atoms with van der Waals surface area (Å²) in [6.07, 6.45) is 0. The summed E-state index contributed by atoms with van der Waals surface area (Å²) >= 11 is 5.92. The molecular formula is C13H19ClN2O. The molecule has 0 saturated carbocycles. The monoisotopic (exact) mass is 254 g/mol. The predicted molar refractivity (Wildman–Crippen MR) is 70.5 cm³/mol. The Labute approximate surface area is 108 Å². The lowest BCUT2D eigenvalue weighted by Crippen LogP contribution is -2.46. The third-order valence-corrected chi connectivity index (χ3v) is 3.42. The standard InChI is InChI=1S/C13H19ClN2O/c1-17-10-13(16-8-6-15-7-9-16)11-2-4-12(14)5-3-11/h2-5,13,15H,6-10H2,1H3. The van der Waals surface area contributed by atoms with E-state index in [2.05, 4.69) is 22.3 Å². The Morgan fingerprint density at radius 2 is 1.94 bits per heavy atom. The first-order valence-corrected chi connectivity index (χ1v) is 6.38. The van der Waals surface area contributed by atoms with Gasteiger partial charge in [-0.3, -0.25) is 4.90 Å². The highest BCUT2D eigenvalue weighted by Gasteiger charge is 2.21. The van der Waals surface area contributed by atoms with Crippen molar-refractivity contribution in [3.8, 4) is 0 Å². The van der Waals surface area contributed by atoms with Crippen LogP contribution in [0.2, 0.25) is 5.02 Å². The maximum atomic E-state index is 5.92. The van der Waals surface area contributed by atoms with Gasteiger partial charge in [0.2, 0.25) is 0 Å². The van der Waals surface area contributed by atoms with Crippen molar-refractivity contribution in [1.82, 2.24) is 10.2 Å². The summed E-state index contributed by atoms with van der Waals surface area (Å²) in [6.45, 7) is 4.95. The molecule has 1 saturated heterocycles. The molecule has 1 unspecified atom stereocenters. The van der Waals surface area contributed by atoms with Gasteiger partial charge in [0.1, 0.15) is 0 Å². The number of rotatable bonds is 4. The number of hydrogen-bond donors (Lipinski definition) is 1. The first kappa shape index (κ1) is 12.8. The molecule has 3 nitrogen and oxygen atoms in total. The van der Waals surface area contributed by atoms with Gasteiger partial charge in [0.15, 0.2) is 0 Å². The van der Waals surface area contributed by atoms with Crippen molar-refractivity contribution in [2.75, 3.05) is 39.9 Å². The molecule has 2 rings (SSSR count). The number of benzene rings is 1. The summed E-state index contributed by atoms with van der Waals surface area (Å²) in [4.78, 5) is 2.46. The highest BCUT2D eigenvalue weighted by Crippen LogP contribution is 2.23. The van der Waals surface area contributed by atoms with E-state index < -0.39 is 0 Å². The topological polar surface area (TPSA) is 24.5 Å². The van der Waals surface area contributed by atoms with E-state index >= 15 is 0 Å². The molecular weight excluding hydrogens is 236 g/mol. The van der Waals surface area contributed by atoms with E-state index in [4.69, 9.17) is 16.3 Å². The highest BCUT2D eigenvalue weighted by atomic mass is 35.5. The Morgan fingerprint density at radius 1 is 1.29 bits per heavy atom. The number of piperazine rings is 1. The van der Waals surface area contributed by atoms with Crippen molar-refractivity contribution in [2.24, 2.45) is 0 Å². The maximum Gasteiger partial charge on any atom is 0.0659 e. The average molecular weight is 255 g/mol. The van der Waals surface area contributed by atoms with Gasteiger partial charge in [0.25, 0.3) is 0 Å². The van der Waals surface area contributed by atoms with Crippen LogP contribution in [0.5, 0.6) is 0 Å². The Hall–Kier alpha value is -0.610. The van der Waals surface area contributed by atoms with Crippen LogP contribution in [0, 0.1) is 0 Å². The zero-order valence-corrected chi connectivity index (χ0v) is 10.9. The van der Waals surface area contributed by atoms with E-state index in [9.17, 15) is 0 Å². The molecule has 1 fully saturated rings. The molecule has 1 aromatic carbocycles. The Balaban J connectivity index is 2.12. The van der Waals surface area contributed by atoms with E-state index in [0.717, 1.165) is 37.8 Å². The van der Waals surface area contributed by atoms with Crippen LogP contribution < -0.4 is 5.32 Å². The molecule has 0 radical (unpaired) electrons. The van der Waals surface area contributed by atoms with Crippen LogP contribution >= 0.6 is 11.6 Å². The van der Waals surface area contributed by atoms with E-state index in [-0.39, 0.29) is 0 Å². The third-order valence-electron chi connectivity index (χ3n) is 3.17. The average Bonchev–Trinajstić information content (AvgIpc) is 2.38. The van der Waals surface area contributed by atoms with Gasteiger partial charge in [-0.1, -0.05) is 23.7 Å². The van der Waals surface area contributed by atoms with Crippen LogP contribution in [-0.4, -0.2) is 44.8 Å². The quantitative estimate of drug-likeness (QED) is 0.889. The minimum absolute atomic E-state index is 0.333. The third kappa shape index (κ3) is 3.42. The first-order valence-electron chi connectivity index (χ1n) is 6.00. The lowest BCUT2D eigenvalue weighted by atomic mass is 10.1. The number of methoxy groups -OCH3 is 1. The van der Waals surface area contributed by atoms with Crippen molar-refractivity contribution in [3.63, 3.8) is 0 Å². The summed E-state index contributed by atoms with van der Waals surface area (Å²) in [5.41, 5.74) is 1.28. The normalized spacial score (nSPS) is 19.2. The van der Waals surface area contributed by atoms with Gasteiger partial charge in [-0.25, -0.2) is 0 Å². The SMILES string of the molecule is COCC(c1ccc(Cl)cc1)N1CCNCC1. The zero-order valence-electron chi connectivity index (χ0n) is 10.2. The van der Waals surface area contributed by atoms with Gasteiger partial charge in [0, 0.05) is 38.3 Å². The molecule has 0 amide bonds. The maximum absolute atomic E-state index is 5.92. The van der Waals surface area contributed by atoms with Gasteiger partial charge in [-0.05, 0) is 17.7 Å². The minimum atomic E-state index is 0.333. The molecule has 0 bridgehead atoms. The fraction of sp³-hybridized carbons (Fsp3) is 0.538. The van der Waals surface area contributed by atoms with Gasteiger partial charge in [-0.15, -0.1) is 0 Å². The van der Waals surface area contributed by atoms with Gasteiger partial charge < -0.3 is 10.1 Å². The molecule has 1 N–H and O–H groups in total. The molecule has 94 valence electrons. The summed E-state index contributed by atoms with van der Waals surface area (Å²) < 4.78 is 5.35. The number of nitrogens with zero attached hydrogens (tertiary/aromatic N) is 1. The molecule has 0 spiro atoms. The molecule has 0 aliphatic carbocycles. The smallest absolute Gasteiger partial charge is 0.0659 e. The van der Waals surface area contributed by atoms with E-state index in [1.165, 1.54) is 5.56 Å². The number of nitrogens with one attached hydrogen (secondary N) is 1. The number of hydrogen-bond acceptors (Lipinski definition) is 3. The second-order valence-corrected chi connectivity index (χ2v) is 4.75. The molecule has 1 heterocycles. The van der Waals surface area contributed by atoms with Crippen molar-refractivity contribution >= 4 is 11.6 Å².